The zero-order chi connectivity index (χ0) is 24.0. The van der Waals surface area contributed by atoms with Crippen molar-refractivity contribution in [1.29, 1.82) is 0 Å². The highest BCUT2D eigenvalue weighted by atomic mass is 32.1. The van der Waals surface area contributed by atoms with Crippen LogP contribution in [-0.2, 0) is 6.54 Å². The van der Waals surface area contributed by atoms with Crippen molar-refractivity contribution >= 4 is 40.3 Å². The number of carbonyl (C=O) groups is 2. The lowest BCUT2D eigenvalue weighted by molar-refractivity contribution is 0.103. The molecule has 1 unspecified atom stereocenters. The van der Waals surface area contributed by atoms with Crippen molar-refractivity contribution in [2.75, 3.05) is 29.6 Å². The van der Waals surface area contributed by atoms with Gasteiger partial charge in [0.2, 0.25) is 0 Å². The van der Waals surface area contributed by atoms with E-state index in [2.05, 4.69) is 10.6 Å². The number of urea groups is 1. The number of hydrogen-bond donors (Lipinski definition) is 2. The summed E-state index contributed by atoms with van der Waals surface area (Å²) in [4.78, 5) is 30.0. The Bertz CT molecular complexity index is 1100. The topological polar surface area (TPSA) is 64.7 Å². The maximum atomic E-state index is 13.6. The highest BCUT2D eigenvalue weighted by molar-refractivity contribution is 7.12. The second kappa shape index (κ2) is 11.0. The molecule has 1 aromatic heterocycles. The molecule has 174 valence electrons. The van der Waals surface area contributed by atoms with E-state index >= 15 is 0 Å². The zero-order valence-corrected chi connectivity index (χ0v) is 20.1. The van der Waals surface area contributed by atoms with Crippen molar-refractivity contribution in [2.24, 2.45) is 0 Å². The van der Waals surface area contributed by atoms with Crippen molar-refractivity contribution in [1.82, 2.24) is 4.90 Å². The molecule has 6 nitrogen and oxygen atoms in total. The highest BCUT2D eigenvalue weighted by Gasteiger charge is 2.22. The van der Waals surface area contributed by atoms with Crippen LogP contribution in [0.25, 0.3) is 0 Å². The normalized spacial score (nSPS) is 11.5. The molecule has 0 bridgehead atoms. The van der Waals surface area contributed by atoms with Crippen LogP contribution in [0.15, 0.2) is 60.0 Å². The summed E-state index contributed by atoms with van der Waals surface area (Å²) in [5.41, 5.74) is 2.89. The summed E-state index contributed by atoms with van der Waals surface area (Å²) < 4.78 is 13.6. The first-order valence-electron chi connectivity index (χ1n) is 10.8. The molecule has 0 saturated heterocycles. The predicted molar refractivity (Wildman–Crippen MR) is 134 cm³/mol. The van der Waals surface area contributed by atoms with Crippen LogP contribution in [0.4, 0.5) is 26.2 Å². The standard InChI is InChI=1S/C25H29FN4O2S/c1-5-17(2)30(25(32)28-20-9-6-8-19(26)15-20)16-18-14-21(11-12-22(18)29(3)4)27-24(31)23-10-7-13-33-23/h6-15,17H,5,16H2,1-4H3,(H,27,31)(H,28,32). The van der Waals surface area contributed by atoms with Crippen molar-refractivity contribution in [3.63, 3.8) is 0 Å². The van der Waals surface area contributed by atoms with Crippen LogP contribution in [-0.4, -0.2) is 37.0 Å². The summed E-state index contributed by atoms with van der Waals surface area (Å²) in [5, 5.41) is 7.59. The van der Waals surface area contributed by atoms with Gasteiger partial charge in [0.05, 0.1) is 4.88 Å². The van der Waals surface area contributed by atoms with E-state index in [0.29, 0.717) is 22.8 Å². The monoisotopic (exact) mass is 468 g/mol. The summed E-state index contributed by atoms with van der Waals surface area (Å²) in [6, 6.07) is 14.8. The highest BCUT2D eigenvalue weighted by Crippen LogP contribution is 2.27. The largest absolute Gasteiger partial charge is 0.377 e. The average Bonchev–Trinajstić information content (AvgIpc) is 3.32. The number of nitrogens with zero attached hydrogens (tertiary/aromatic N) is 2. The fraction of sp³-hybridized carbons (Fsp3) is 0.280. The van der Waals surface area contributed by atoms with Crippen molar-refractivity contribution in [3.8, 4) is 0 Å². The van der Waals surface area contributed by atoms with Gasteiger partial charge in [-0.2, -0.15) is 0 Å². The molecule has 0 radical (unpaired) electrons. The molecule has 3 rings (SSSR count). The van der Waals surface area contributed by atoms with Gasteiger partial charge in [0.1, 0.15) is 5.82 Å². The molecule has 3 aromatic rings. The van der Waals surface area contributed by atoms with Crippen LogP contribution in [0.2, 0.25) is 0 Å². The fourth-order valence-corrected chi connectivity index (χ4v) is 4.04. The predicted octanol–water partition coefficient (Wildman–Crippen LogP) is 6.04. The minimum Gasteiger partial charge on any atom is -0.377 e. The molecule has 33 heavy (non-hydrogen) atoms. The lowest BCUT2D eigenvalue weighted by atomic mass is 10.1. The molecule has 0 saturated carbocycles. The smallest absolute Gasteiger partial charge is 0.322 e. The molecule has 0 aliphatic heterocycles. The number of carbonyl (C=O) groups excluding carboxylic acids is 2. The summed E-state index contributed by atoms with van der Waals surface area (Å²) in [6.45, 7) is 4.31. The van der Waals surface area contributed by atoms with Crippen LogP contribution in [0.3, 0.4) is 0 Å². The van der Waals surface area contributed by atoms with Gasteiger partial charge in [-0.25, -0.2) is 9.18 Å². The molecular formula is C25H29FN4O2S. The second-order valence-corrected chi connectivity index (χ2v) is 8.94. The third-order valence-corrected chi connectivity index (χ3v) is 6.23. The molecule has 0 aliphatic rings. The quantitative estimate of drug-likeness (QED) is 0.424. The molecule has 0 aliphatic carbocycles. The molecule has 2 aromatic carbocycles. The zero-order valence-electron chi connectivity index (χ0n) is 19.3. The number of amides is 3. The first kappa shape index (κ1) is 24.3. The van der Waals surface area contributed by atoms with Crippen LogP contribution in [0.1, 0.15) is 35.5 Å². The van der Waals surface area contributed by atoms with Gasteiger partial charge in [0, 0.05) is 43.7 Å². The molecule has 3 amide bonds. The van der Waals surface area contributed by atoms with Crippen molar-refractivity contribution < 1.29 is 14.0 Å². The Morgan fingerprint density at radius 2 is 1.79 bits per heavy atom. The van der Waals surface area contributed by atoms with Gasteiger partial charge >= 0.3 is 6.03 Å². The first-order chi connectivity index (χ1) is 15.8. The Hall–Kier alpha value is -3.39. The molecular weight excluding hydrogens is 439 g/mol. The van der Waals surface area contributed by atoms with E-state index < -0.39 is 5.82 Å². The van der Waals surface area contributed by atoms with Gasteiger partial charge in [-0.05, 0) is 66.8 Å². The maximum absolute atomic E-state index is 13.6. The first-order valence-corrected chi connectivity index (χ1v) is 11.6. The Balaban J connectivity index is 1.86. The molecule has 2 N–H and O–H groups in total. The summed E-state index contributed by atoms with van der Waals surface area (Å²) in [7, 11) is 3.87. The number of rotatable bonds is 8. The number of hydrogen-bond acceptors (Lipinski definition) is 4. The lowest BCUT2D eigenvalue weighted by Gasteiger charge is -2.31. The third-order valence-electron chi connectivity index (χ3n) is 5.36. The lowest BCUT2D eigenvalue weighted by Crippen LogP contribution is -2.41. The van der Waals surface area contributed by atoms with Gasteiger partial charge in [0.25, 0.3) is 5.91 Å². The van der Waals surface area contributed by atoms with Crippen LogP contribution >= 0.6 is 11.3 Å². The summed E-state index contributed by atoms with van der Waals surface area (Å²) >= 11 is 1.38. The van der Waals surface area contributed by atoms with E-state index in [1.54, 1.807) is 23.1 Å². The molecule has 1 atom stereocenters. The Morgan fingerprint density at radius 1 is 1.03 bits per heavy atom. The van der Waals surface area contributed by atoms with E-state index in [4.69, 9.17) is 0 Å². The Morgan fingerprint density at radius 3 is 2.42 bits per heavy atom. The van der Waals surface area contributed by atoms with E-state index in [1.165, 1.54) is 23.5 Å². The second-order valence-electron chi connectivity index (χ2n) is 8.00. The SMILES string of the molecule is CCC(C)N(Cc1cc(NC(=O)c2cccs2)ccc1N(C)C)C(=O)Nc1cccc(F)c1. The van der Waals surface area contributed by atoms with E-state index in [-0.39, 0.29) is 18.0 Å². The number of thiophene rings is 1. The minimum atomic E-state index is -0.410. The molecule has 8 heteroatoms. The Labute approximate surface area is 198 Å². The molecule has 1 heterocycles. The molecule has 0 spiro atoms. The van der Waals surface area contributed by atoms with E-state index in [9.17, 15) is 14.0 Å². The average molecular weight is 469 g/mol. The van der Waals surface area contributed by atoms with Crippen molar-refractivity contribution in [2.45, 2.75) is 32.9 Å². The van der Waals surface area contributed by atoms with Gasteiger partial charge in [-0.15, -0.1) is 11.3 Å². The third kappa shape index (κ3) is 6.32. The minimum absolute atomic E-state index is 0.0575. The van der Waals surface area contributed by atoms with Gasteiger partial charge < -0.3 is 20.4 Å². The Kier molecular flexibility index (Phi) is 8.06. The van der Waals surface area contributed by atoms with Crippen LogP contribution in [0.5, 0.6) is 0 Å². The fourth-order valence-electron chi connectivity index (χ4n) is 3.42. The maximum Gasteiger partial charge on any atom is 0.322 e. The van der Waals surface area contributed by atoms with Gasteiger partial charge in [0.15, 0.2) is 0 Å². The summed E-state index contributed by atoms with van der Waals surface area (Å²) in [5.74, 6) is -0.580. The number of halogens is 1. The van der Waals surface area contributed by atoms with Gasteiger partial charge in [-0.3, -0.25) is 4.79 Å². The van der Waals surface area contributed by atoms with Crippen LogP contribution in [0, 0.1) is 5.82 Å². The number of nitrogens with one attached hydrogen (secondary N) is 2. The van der Waals surface area contributed by atoms with Crippen molar-refractivity contribution in [3.05, 3.63) is 76.2 Å². The number of anilines is 3. The number of benzene rings is 2. The summed E-state index contributed by atoms with van der Waals surface area (Å²) in [6.07, 6.45) is 0.753. The molecule has 0 fully saturated rings. The van der Waals surface area contributed by atoms with E-state index in [1.807, 2.05) is 62.5 Å². The van der Waals surface area contributed by atoms with Crippen LogP contribution < -0.4 is 15.5 Å². The van der Waals surface area contributed by atoms with E-state index in [0.717, 1.165) is 17.7 Å². The van der Waals surface area contributed by atoms with Gasteiger partial charge in [-0.1, -0.05) is 19.1 Å².